The van der Waals surface area contributed by atoms with E-state index in [4.69, 9.17) is 21.1 Å². The summed E-state index contributed by atoms with van der Waals surface area (Å²) < 4.78 is 11.3. The molecule has 0 aromatic heterocycles. The van der Waals surface area contributed by atoms with Crippen molar-refractivity contribution in [3.63, 3.8) is 0 Å². The lowest BCUT2D eigenvalue weighted by Crippen LogP contribution is -2.28. The molecule has 30 heavy (non-hydrogen) atoms. The highest BCUT2D eigenvalue weighted by Crippen LogP contribution is 2.28. The molecule has 2 aromatic rings. The van der Waals surface area contributed by atoms with Gasteiger partial charge in [0.2, 0.25) is 5.91 Å². The highest BCUT2D eigenvalue weighted by atomic mass is 79.9. The molecule has 1 fully saturated rings. The molecular weight excluding hydrogens is 476 g/mol. The van der Waals surface area contributed by atoms with E-state index in [0.29, 0.717) is 28.8 Å². The number of hydrogen-bond donors (Lipinski definition) is 1. The average molecular weight is 496 g/mol. The van der Waals surface area contributed by atoms with E-state index in [2.05, 4.69) is 21.2 Å². The standard InChI is InChI=1S/C21H20BrClN2O5/c1-2-29-16-6-4-15(5-7-16)25-11-13(9-20(25)27)21(28)30-12-19(26)24-18-8-3-14(22)10-17(18)23/h3-8,10,13H,2,9,11-12H2,1H3,(H,24,26)/t13-/m0/s1. The number of amides is 2. The molecule has 0 bridgehead atoms. The Labute approximate surface area is 187 Å². The van der Waals surface area contributed by atoms with Crippen molar-refractivity contribution in [1.29, 1.82) is 0 Å². The monoisotopic (exact) mass is 494 g/mol. The summed E-state index contributed by atoms with van der Waals surface area (Å²) in [5, 5.41) is 2.94. The van der Waals surface area contributed by atoms with Crippen LogP contribution in [0.4, 0.5) is 11.4 Å². The molecule has 0 spiro atoms. The van der Waals surface area contributed by atoms with Crippen LogP contribution in [0.25, 0.3) is 0 Å². The Balaban J connectivity index is 1.52. The molecule has 2 amide bonds. The number of carbonyl (C=O) groups is 3. The molecule has 1 heterocycles. The first-order valence-electron chi connectivity index (χ1n) is 9.32. The van der Waals surface area contributed by atoms with Gasteiger partial charge in [-0.15, -0.1) is 0 Å². The topological polar surface area (TPSA) is 84.9 Å². The molecule has 1 aliphatic heterocycles. The van der Waals surface area contributed by atoms with Crippen LogP contribution < -0.4 is 15.0 Å². The molecular formula is C21H20BrClN2O5. The Morgan fingerprint density at radius 2 is 1.97 bits per heavy atom. The summed E-state index contributed by atoms with van der Waals surface area (Å²) in [4.78, 5) is 38.3. The van der Waals surface area contributed by atoms with Crippen LogP contribution in [0.15, 0.2) is 46.9 Å². The van der Waals surface area contributed by atoms with E-state index in [9.17, 15) is 14.4 Å². The fourth-order valence-corrected chi connectivity index (χ4v) is 3.76. The summed E-state index contributed by atoms with van der Waals surface area (Å²) in [7, 11) is 0. The highest BCUT2D eigenvalue weighted by molar-refractivity contribution is 9.10. The third kappa shape index (κ3) is 5.52. The minimum Gasteiger partial charge on any atom is -0.494 e. The number of nitrogens with zero attached hydrogens (tertiary/aromatic N) is 1. The van der Waals surface area contributed by atoms with Gasteiger partial charge in [0.25, 0.3) is 5.91 Å². The molecule has 0 unspecified atom stereocenters. The number of hydrogen-bond acceptors (Lipinski definition) is 5. The van der Waals surface area contributed by atoms with Crippen LogP contribution in [0.3, 0.4) is 0 Å². The van der Waals surface area contributed by atoms with Gasteiger partial charge in [-0.1, -0.05) is 27.5 Å². The van der Waals surface area contributed by atoms with E-state index in [1.807, 2.05) is 6.92 Å². The zero-order valence-electron chi connectivity index (χ0n) is 16.2. The summed E-state index contributed by atoms with van der Waals surface area (Å²) >= 11 is 9.34. The number of benzene rings is 2. The van der Waals surface area contributed by atoms with Crippen LogP contribution >= 0.6 is 27.5 Å². The summed E-state index contributed by atoms with van der Waals surface area (Å²) in [6, 6.07) is 12.1. The highest BCUT2D eigenvalue weighted by Gasteiger charge is 2.36. The summed E-state index contributed by atoms with van der Waals surface area (Å²) in [5.41, 5.74) is 1.10. The van der Waals surface area contributed by atoms with Gasteiger partial charge in [-0.05, 0) is 49.4 Å². The normalized spacial score (nSPS) is 15.8. The van der Waals surface area contributed by atoms with Crippen molar-refractivity contribution < 1.29 is 23.9 Å². The zero-order valence-corrected chi connectivity index (χ0v) is 18.5. The first-order valence-corrected chi connectivity index (χ1v) is 10.5. The van der Waals surface area contributed by atoms with Gasteiger partial charge in [0, 0.05) is 23.1 Å². The first-order chi connectivity index (χ1) is 14.4. The Morgan fingerprint density at radius 3 is 2.63 bits per heavy atom. The van der Waals surface area contributed by atoms with E-state index in [0.717, 1.165) is 4.47 Å². The maximum Gasteiger partial charge on any atom is 0.311 e. The van der Waals surface area contributed by atoms with Gasteiger partial charge in [0.05, 0.1) is 23.2 Å². The van der Waals surface area contributed by atoms with Crippen LogP contribution in [-0.4, -0.2) is 37.5 Å². The summed E-state index contributed by atoms with van der Waals surface area (Å²) in [6.45, 7) is 2.18. The van der Waals surface area contributed by atoms with E-state index in [1.54, 1.807) is 42.5 Å². The second-order valence-electron chi connectivity index (χ2n) is 6.61. The van der Waals surface area contributed by atoms with Crippen molar-refractivity contribution in [3.05, 3.63) is 52.0 Å². The maximum atomic E-state index is 12.3. The molecule has 1 N–H and O–H groups in total. The molecule has 3 rings (SSSR count). The second kappa shape index (κ2) is 9.95. The Kier molecular flexibility index (Phi) is 7.33. The van der Waals surface area contributed by atoms with E-state index in [1.165, 1.54) is 4.90 Å². The van der Waals surface area contributed by atoms with E-state index >= 15 is 0 Å². The van der Waals surface area contributed by atoms with Crippen molar-refractivity contribution in [2.24, 2.45) is 5.92 Å². The van der Waals surface area contributed by atoms with Crippen molar-refractivity contribution in [3.8, 4) is 5.75 Å². The second-order valence-corrected chi connectivity index (χ2v) is 7.94. The fourth-order valence-electron chi connectivity index (χ4n) is 3.04. The van der Waals surface area contributed by atoms with Crippen LogP contribution in [0.2, 0.25) is 5.02 Å². The van der Waals surface area contributed by atoms with Crippen LogP contribution in [0, 0.1) is 5.92 Å². The van der Waals surface area contributed by atoms with Gasteiger partial charge in [0.15, 0.2) is 6.61 Å². The number of anilines is 2. The predicted octanol–water partition coefficient (Wildman–Crippen LogP) is 4.04. The number of rotatable bonds is 7. The van der Waals surface area contributed by atoms with E-state index in [-0.39, 0.29) is 18.9 Å². The van der Waals surface area contributed by atoms with Gasteiger partial charge >= 0.3 is 5.97 Å². The van der Waals surface area contributed by atoms with Gasteiger partial charge in [-0.3, -0.25) is 14.4 Å². The number of carbonyl (C=O) groups excluding carboxylic acids is 3. The van der Waals surface area contributed by atoms with Crippen molar-refractivity contribution in [1.82, 2.24) is 0 Å². The smallest absolute Gasteiger partial charge is 0.311 e. The van der Waals surface area contributed by atoms with Gasteiger partial charge in [-0.2, -0.15) is 0 Å². The summed E-state index contributed by atoms with van der Waals surface area (Å²) in [6.07, 6.45) is 0.0339. The number of nitrogens with one attached hydrogen (secondary N) is 1. The van der Waals surface area contributed by atoms with Gasteiger partial charge in [0.1, 0.15) is 5.75 Å². The lowest BCUT2D eigenvalue weighted by Gasteiger charge is -2.17. The predicted molar refractivity (Wildman–Crippen MR) is 117 cm³/mol. The fraction of sp³-hybridized carbons (Fsp3) is 0.286. The molecule has 1 aliphatic rings. The SMILES string of the molecule is CCOc1ccc(N2C[C@@H](C(=O)OCC(=O)Nc3ccc(Br)cc3Cl)CC2=O)cc1. The van der Waals surface area contributed by atoms with Crippen LogP contribution in [-0.2, 0) is 19.1 Å². The van der Waals surface area contributed by atoms with Crippen molar-refractivity contribution >= 4 is 56.7 Å². The lowest BCUT2D eigenvalue weighted by molar-refractivity contribution is -0.151. The molecule has 0 aliphatic carbocycles. The average Bonchev–Trinajstić information content (AvgIpc) is 3.11. The number of halogens is 2. The zero-order chi connectivity index (χ0) is 21.7. The molecule has 158 valence electrons. The number of esters is 1. The Morgan fingerprint density at radius 1 is 1.23 bits per heavy atom. The van der Waals surface area contributed by atoms with E-state index < -0.39 is 24.4 Å². The molecule has 7 nitrogen and oxygen atoms in total. The van der Waals surface area contributed by atoms with Crippen molar-refractivity contribution in [2.75, 3.05) is 30.0 Å². The van der Waals surface area contributed by atoms with Gasteiger partial charge in [-0.25, -0.2) is 0 Å². The molecule has 1 saturated heterocycles. The third-order valence-corrected chi connectivity index (χ3v) is 5.27. The molecule has 0 saturated carbocycles. The molecule has 0 radical (unpaired) electrons. The first kappa shape index (κ1) is 22.1. The summed E-state index contributed by atoms with van der Waals surface area (Å²) in [5.74, 6) is -1.20. The minimum absolute atomic E-state index is 0.0339. The third-order valence-electron chi connectivity index (χ3n) is 4.47. The molecule has 2 aromatic carbocycles. The maximum absolute atomic E-state index is 12.3. The van der Waals surface area contributed by atoms with Gasteiger partial charge < -0.3 is 19.7 Å². The van der Waals surface area contributed by atoms with Crippen LogP contribution in [0.5, 0.6) is 5.75 Å². The lowest BCUT2D eigenvalue weighted by atomic mass is 10.1. The Hall–Kier alpha value is -2.58. The van der Waals surface area contributed by atoms with Crippen LogP contribution in [0.1, 0.15) is 13.3 Å². The minimum atomic E-state index is -0.631. The number of ether oxygens (including phenoxy) is 2. The van der Waals surface area contributed by atoms with Crippen molar-refractivity contribution in [2.45, 2.75) is 13.3 Å². The molecule has 1 atom stereocenters. The largest absolute Gasteiger partial charge is 0.494 e. The molecule has 9 heteroatoms. The quantitative estimate of drug-likeness (QED) is 0.586. The Bertz CT molecular complexity index is 951.